The second-order valence-corrected chi connectivity index (χ2v) is 7.14. The van der Waals surface area contributed by atoms with Gasteiger partial charge in [0.2, 0.25) is 0 Å². The van der Waals surface area contributed by atoms with E-state index >= 15 is 0 Å². The van der Waals surface area contributed by atoms with Crippen LogP contribution in [-0.2, 0) is 4.52 Å². The van der Waals surface area contributed by atoms with Crippen LogP contribution in [-0.4, -0.2) is 34.6 Å². The van der Waals surface area contributed by atoms with Crippen LogP contribution in [0.15, 0.2) is 42.5 Å². The first-order valence-corrected chi connectivity index (χ1v) is 8.43. The minimum absolute atomic E-state index is 0. The van der Waals surface area contributed by atoms with Gasteiger partial charge in [-0.05, 0) is 0 Å². The number of carbonyl (C=O) groups excluding carboxylic acids is 1. The van der Waals surface area contributed by atoms with Crippen LogP contribution in [0.1, 0.15) is 27.0 Å². The molecule has 0 heterocycles. The zero-order chi connectivity index (χ0) is 15.6. The van der Waals surface area contributed by atoms with Crippen LogP contribution in [0.5, 0.6) is 0 Å². The van der Waals surface area contributed by atoms with Crippen LogP contribution in [0.3, 0.4) is 0 Å². The van der Waals surface area contributed by atoms with E-state index in [9.17, 15) is 14.6 Å². The Morgan fingerprint density at radius 3 is 2.00 bits per heavy atom. The van der Waals surface area contributed by atoms with Gasteiger partial charge in [0.1, 0.15) is 0 Å². The van der Waals surface area contributed by atoms with Gasteiger partial charge in [0.25, 0.3) is 0 Å². The molecule has 2 aromatic rings. The molecule has 2 N–H and O–H groups in total. The summed E-state index contributed by atoms with van der Waals surface area (Å²) in [7, 11) is -4.23. The molecule has 2 aromatic carbocycles. The van der Waals surface area contributed by atoms with Crippen molar-refractivity contribution >= 4 is 38.1 Å². The van der Waals surface area contributed by atoms with E-state index < -0.39 is 13.9 Å². The Morgan fingerprint density at radius 2 is 1.50 bits per heavy atom. The fourth-order valence-corrected chi connectivity index (χ4v) is 3.50. The monoisotopic (exact) mass is 314 g/mol. The fraction of sp³-hybridized carbons (Fsp3) is 0.188. The molecule has 2 rings (SSSR count). The van der Waals surface area contributed by atoms with Gasteiger partial charge >= 0.3 is 143 Å². The quantitative estimate of drug-likeness (QED) is 0.671. The molecule has 0 radical (unpaired) electrons. The van der Waals surface area contributed by atoms with E-state index in [-0.39, 0.29) is 24.2 Å². The summed E-state index contributed by atoms with van der Waals surface area (Å²) in [5, 5.41) is 0.237. The molecule has 4 nitrogen and oxygen atoms in total. The number of aryl methyl sites for hydroxylation is 3. The molecule has 0 fully saturated rings. The van der Waals surface area contributed by atoms with Gasteiger partial charge in [0, 0.05) is 0 Å². The molecule has 0 spiro atoms. The zero-order valence-corrected chi connectivity index (χ0v) is 13.3. The molecular formula is C16H20LiO4P. The van der Waals surface area contributed by atoms with Gasteiger partial charge in [-0.2, -0.15) is 0 Å². The van der Waals surface area contributed by atoms with Crippen molar-refractivity contribution in [1.29, 1.82) is 0 Å². The predicted molar refractivity (Wildman–Crippen MR) is 92.0 cm³/mol. The van der Waals surface area contributed by atoms with Crippen LogP contribution in [0.25, 0.3) is 0 Å². The SMILES string of the molecule is Cc1cc(C)c(C(=O)O[PH](O)(O)c2ccccc2)c(C)c1.[LiH]. The number of rotatable bonds is 3. The maximum absolute atomic E-state index is 12.3. The minimum atomic E-state index is -4.23. The summed E-state index contributed by atoms with van der Waals surface area (Å²) < 4.78 is 5.02. The molecule has 0 amide bonds. The molecule has 0 aliphatic rings. The molecule has 0 aromatic heterocycles. The standard InChI is InChI=1S/C16H19O4P.Li.H/c1-11-9-12(2)15(13(3)10-11)16(17)20-21(18,19)14-7-5-4-6-8-14;;/h4-10,18-19,21H,1-3H3;;. The number of hydrogen-bond acceptors (Lipinski definition) is 4. The molecule has 22 heavy (non-hydrogen) atoms. The molecule has 0 unspecified atom stereocenters. The third-order valence-corrected chi connectivity index (χ3v) is 4.82. The molecule has 114 valence electrons. The Bertz CT molecular complexity index is 648. The Kier molecular flexibility index (Phi) is 6.37. The Morgan fingerprint density at radius 1 is 1.00 bits per heavy atom. The van der Waals surface area contributed by atoms with Gasteiger partial charge in [0.05, 0.1) is 0 Å². The van der Waals surface area contributed by atoms with Crippen molar-refractivity contribution < 1.29 is 19.1 Å². The van der Waals surface area contributed by atoms with E-state index in [2.05, 4.69) is 0 Å². The number of hydrogen-bond donors (Lipinski definition) is 2. The van der Waals surface area contributed by atoms with Crippen molar-refractivity contribution in [2.75, 3.05) is 0 Å². The normalized spacial score (nSPS) is 11.5. The maximum atomic E-state index is 12.3. The molecular weight excluding hydrogens is 294 g/mol. The van der Waals surface area contributed by atoms with E-state index in [4.69, 9.17) is 4.52 Å². The van der Waals surface area contributed by atoms with Gasteiger partial charge in [-0.1, -0.05) is 0 Å². The van der Waals surface area contributed by atoms with E-state index in [1.165, 1.54) is 12.1 Å². The van der Waals surface area contributed by atoms with Crippen molar-refractivity contribution in [3.05, 3.63) is 64.7 Å². The van der Waals surface area contributed by atoms with Gasteiger partial charge in [-0.25, -0.2) is 0 Å². The third kappa shape index (κ3) is 4.20. The molecule has 0 atom stereocenters. The Hall–Kier alpha value is -1.14. The predicted octanol–water partition coefficient (Wildman–Crippen LogP) is 1.93. The average Bonchev–Trinajstić information content (AvgIpc) is 2.37. The average molecular weight is 314 g/mol. The Balaban J connectivity index is 0.00000242. The van der Waals surface area contributed by atoms with E-state index in [1.807, 2.05) is 19.1 Å². The molecule has 0 saturated heterocycles. The summed E-state index contributed by atoms with van der Waals surface area (Å²) in [6.45, 7) is 5.55. The van der Waals surface area contributed by atoms with Crippen molar-refractivity contribution in [2.45, 2.75) is 20.8 Å². The van der Waals surface area contributed by atoms with Crippen LogP contribution >= 0.6 is 7.94 Å². The molecule has 6 heteroatoms. The first-order chi connectivity index (χ1) is 9.81. The number of benzene rings is 2. The first-order valence-electron chi connectivity index (χ1n) is 6.62. The second-order valence-electron chi connectivity index (χ2n) is 5.14. The molecule has 0 aliphatic heterocycles. The summed E-state index contributed by atoms with van der Waals surface area (Å²) in [6.07, 6.45) is 0. The topological polar surface area (TPSA) is 66.8 Å². The van der Waals surface area contributed by atoms with Crippen LogP contribution in [0.4, 0.5) is 0 Å². The van der Waals surface area contributed by atoms with Crippen LogP contribution in [0.2, 0.25) is 0 Å². The fourth-order valence-electron chi connectivity index (χ4n) is 2.40. The van der Waals surface area contributed by atoms with Gasteiger partial charge in [-0.3, -0.25) is 0 Å². The summed E-state index contributed by atoms with van der Waals surface area (Å²) in [5.41, 5.74) is 2.95. The molecule has 0 aliphatic carbocycles. The van der Waals surface area contributed by atoms with Crippen LogP contribution in [0, 0.1) is 20.8 Å². The summed E-state index contributed by atoms with van der Waals surface area (Å²) in [6, 6.07) is 11.9. The molecule has 0 saturated carbocycles. The summed E-state index contributed by atoms with van der Waals surface area (Å²) in [4.78, 5) is 32.5. The summed E-state index contributed by atoms with van der Waals surface area (Å²) >= 11 is 0. The van der Waals surface area contributed by atoms with Crippen molar-refractivity contribution in [2.24, 2.45) is 0 Å². The van der Waals surface area contributed by atoms with E-state index in [0.717, 1.165) is 16.7 Å². The van der Waals surface area contributed by atoms with Crippen LogP contribution < -0.4 is 5.30 Å². The number of carbonyl (C=O) groups is 1. The zero-order valence-electron chi connectivity index (χ0n) is 12.3. The van der Waals surface area contributed by atoms with Crippen molar-refractivity contribution in [1.82, 2.24) is 0 Å². The van der Waals surface area contributed by atoms with Crippen molar-refractivity contribution in [3.8, 4) is 0 Å². The van der Waals surface area contributed by atoms with Gasteiger partial charge in [0.15, 0.2) is 0 Å². The first kappa shape index (κ1) is 18.9. The summed E-state index contributed by atoms with van der Waals surface area (Å²) in [5.74, 6) is -0.703. The van der Waals surface area contributed by atoms with E-state index in [0.29, 0.717) is 5.56 Å². The molecule has 0 bridgehead atoms. The second kappa shape index (κ2) is 7.42. The van der Waals surface area contributed by atoms with E-state index in [1.54, 1.807) is 32.0 Å². The Labute approximate surface area is 142 Å². The van der Waals surface area contributed by atoms with Crippen molar-refractivity contribution in [3.63, 3.8) is 0 Å². The van der Waals surface area contributed by atoms with Gasteiger partial charge < -0.3 is 0 Å². The third-order valence-electron chi connectivity index (χ3n) is 3.27. The van der Waals surface area contributed by atoms with Gasteiger partial charge in [-0.15, -0.1) is 0 Å².